The average molecular weight is 298 g/mol. The molecular weight excluding hydrogens is 258 g/mol. The third-order valence-electron chi connectivity index (χ3n) is 5.52. The minimum absolute atomic E-state index is 0.447. The molecule has 1 rings (SSSR count). The third kappa shape index (κ3) is 5.54. The predicted molar refractivity (Wildman–Crippen MR) is 93.9 cm³/mol. The van der Waals surface area contributed by atoms with Crippen molar-refractivity contribution in [1.29, 1.82) is 0 Å². The Labute approximate surface area is 133 Å². The predicted octanol–water partition coefficient (Wildman–Crippen LogP) is 3.21. The molecule has 1 atom stereocenters. The van der Waals surface area contributed by atoms with Crippen molar-refractivity contribution in [2.45, 2.75) is 72.9 Å². The topological polar surface area (TPSA) is 18.5 Å². The van der Waals surface area contributed by atoms with Crippen molar-refractivity contribution < 1.29 is 0 Å². The van der Waals surface area contributed by atoms with Crippen LogP contribution in [0, 0.1) is 5.41 Å². The molecule has 126 valence electrons. The Morgan fingerprint density at radius 2 is 1.76 bits per heavy atom. The van der Waals surface area contributed by atoms with E-state index in [0.29, 0.717) is 11.5 Å². The Bertz CT molecular complexity index is 270. The van der Waals surface area contributed by atoms with E-state index in [9.17, 15) is 0 Å². The first-order valence-electron chi connectivity index (χ1n) is 9.20. The van der Waals surface area contributed by atoms with Crippen LogP contribution < -0.4 is 5.32 Å². The number of hydrogen-bond donors (Lipinski definition) is 1. The molecule has 0 aliphatic carbocycles. The van der Waals surface area contributed by atoms with Gasteiger partial charge >= 0.3 is 0 Å². The van der Waals surface area contributed by atoms with Crippen molar-refractivity contribution in [3.05, 3.63) is 0 Å². The molecule has 21 heavy (non-hydrogen) atoms. The molecule has 3 heteroatoms. The van der Waals surface area contributed by atoms with Crippen molar-refractivity contribution in [1.82, 2.24) is 15.1 Å². The highest BCUT2D eigenvalue weighted by Gasteiger charge is 2.33. The van der Waals surface area contributed by atoms with Crippen LogP contribution in [0.1, 0.15) is 60.8 Å². The molecule has 3 nitrogen and oxygen atoms in total. The van der Waals surface area contributed by atoms with Crippen molar-refractivity contribution in [2.24, 2.45) is 5.41 Å². The fourth-order valence-electron chi connectivity index (χ4n) is 3.67. The zero-order valence-corrected chi connectivity index (χ0v) is 15.4. The molecule has 1 aliphatic heterocycles. The monoisotopic (exact) mass is 297 g/mol. The van der Waals surface area contributed by atoms with Crippen molar-refractivity contribution in [2.75, 3.05) is 39.3 Å². The van der Waals surface area contributed by atoms with Gasteiger partial charge in [0.05, 0.1) is 0 Å². The van der Waals surface area contributed by atoms with Crippen LogP contribution in [0.3, 0.4) is 0 Å². The summed E-state index contributed by atoms with van der Waals surface area (Å²) in [6, 6.07) is 1.37. The lowest BCUT2D eigenvalue weighted by atomic mass is 9.81. The van der Waals surface area contributed by atoms with Crippen LogP contribution in [-0.4, -0.2) is 61.2 Å². The fraction of sp³-hybridized carbons (Fsp3) is 1.00. The van der Waals surface area contributed by atoms with E-state index in [0.717, 1.165) is 12.6 Å². The highest BCUT2D eigenvalue weighted by Crippen LogP contribution is 2.29. The van der Waals surface area contributed by atoms with Crippen LogP contribution in [0.4, 0.5) is 0 Å². The summed E-state index contributed by atoms with van der Waals surface area (Å²) in [5, 5.41) is 3.68. The summed E-state index contributed by atoms with van der Waals surface area (Å²) < 4.78 is 0. The van der Waals surface area contributed by atoms with Gasteiger partial charge < -0.3 is 10.2 Å². The van der Waals surface area contributed by atoms with Crippen LogP contribution in [0.15, 0.2) is 0 Å². The Kier molecular flexibility index (Phi) is 8.22. The lowest BCUT2D eigenvalue weighted by molar-refractivity contribution is 0.139. The molecule has 1 fully saturated rings. The molecular formula is C18H39N3. The van der Waals surface area contributed by atoms with Crippen LogP contribution in [-0.2, 0) is 0 Å². The normalized spacial score (nSPS) is 20.9. The van der Waals surface area contributed by atoms with Crippen LogP contribution in [0.2, 0.25) is 0 Å². The molecule has 0 aromatic heterocycles. The molecule has 1 unspecified atom stereocenters. The summed E-state index contributed by atoms with van der Waals surface area (Å²) in [7, 11) is 0. The first kappa shape index (κ1) is 18.9. The van der Waals surface area contributed by atoms with Gasteiger partial charge in [-0.1, -0.05) is 41.5 Å². The molecule has 1 heterocycles. The number of nitrogens with one attached hydrogen (secondary N) is 1. The number of likely N-dealkylation sites (tertiary alicyclic amines) is 1. The van der Waals surface area contributed by atoms with E-state index in [4.69, 9.17) is 0 Å². The third-order valence-corrected chi connectivity index (χ3v) is 5.52. The van der Waals surface area contributed by atoms with Gasteiger partial charge in [-0.15, -0.1) is 0 Å². The number of likely N-dealkylation sites (N-methyl/N-ethyl adjacent to an activating group) is 1. The van der Waals surface area contributed by atoms with Gasteiger partial charge in [0.2, 0.25) is 0 Å². The van der Waals surface area contributed by atoms with Gasteiger partial charge in [0.15, 0.2) is 0 Å². The van der Waals surface area contributed by atoms with Crippen molar-refractivity contribution in [3.63, 3.8) is 0 Å². The average Bonchev–Trinajstić information content (AvgIpc) is 2.93. The van der Waals surface area contributed by atoms with E-state index < -0.39 is 0 Å². The van der Waals surface area contributed by atoms with Gasteiger partial charge in [-0.3, -0.25) is 4.90 Å². The molecule has 0 aromatic rings. The molecule has 0 spiro atoms. The summed E-state index contributed by atoms with van der Waals surface area (Å²) >= 11 is 0. The molecule has 1 aliphatic rings. The summed E-state index contributed by atoms with van der Waals surface area (Å²) in [5.41, 5.74) is 0.447. The smallest absolute Gasteiger partial charge is 0.0235 e. The minimum Gasteiger partial charge on any atom is -0.314 e. The van der Waals surface area contributed by atoms with Crippen LogP contribution >= 0.6 is 0 Å². The van der Waals surface area contributed by atoms with E-state index in [1.807, 2.05) is 0 Å². The molecule has 0 saturated carbocycles. The second kappa shape index (κ2) is 9.12. The fourth-order valence-corrected chi connectivity index (χ4v) is 3.67. The van der Waals surface area contributed by atoms with Gasteiger partial charge in [-0.2, -0.15) is 0 Å². The lowest BCUT2D eigenvalue weighted by Crippen LogP contribution is -2.45. The minimum atomic E-state index is 0.447. The first-order chi connectivity index (χ1) is 10.00. The molecule has 1 N–H and O–H groups in total. The van der Waals surface area contributed by atoms with E-state index >= 15 is 0 Å². The van der Waals surface area contributed by atoms with E-state index in [1.54, 1.807) is 0 Å². The zero-order chi connectivity index (χ0) is 15.9. The van der Waals surface area contributed by atoms with Gasteiger partial charge in [0.1, 0.15) is 0 Å². The second-order valence-electron chi connectivity index (χ2n) is 7.14. The standard InChI is InChI=1S/C18H39N3/c1-7-18(8-2,14-19-16(5)6)15-20-12-11-17(13-20)21(9-3)10-4/h16-17,19H,7-15H2,1-6H3. The largest absolute Gasteiger partial charge is 0.314 e. The number of nitrogens with zero attached hydrogens (tertiary/aromatic N) is 2. The summed E-state index contributed by atoms with van der Waals surface area (Å²) in [5.74, 6) is 0. The summed E-state index contributed by atoms with van der Waals surface area (Å²) in [6.07, 6.45) is 3.90. The molecule has 0 amide bonds. The maximum absolute atomic E-state index is 3.68. The zero-order valence-electron chi connectivity index (χ0n) is 15.4. The number of rotatable bonds is 10. The SMILES string of the molecule is CCN(CC)C1CCN(CC(CC)(CC)CNC(C)C)C1. The van der Waals surface area contributed by atoms with E-state index in [2.05, 4.69) is 56.7 Å². The molecule has 0 radical (unpaired) electrons. The Hall–Kier alpha value is -0.120. The Balaban J connectivity index is 2.56. The maximum Gasteiger partial charge on any atom is 0.0235 e. The first-order valence-corrected chi connectivity index (χ1v) is 9.20. The lowest BCUT2D eigenvalue weighted by Gasteiger charge is -2.37. The van der Waals surface area contributed by atoms with Crippen LogP contribution in [0.5, 0.6) is 0 Å². The Morgan fingerprint density at radius 1 is 1.14 bits per heavy atom. The van der Waals surface area contributed by atoms with E-state index in [1.165, 1.54) is 52.0 Å². The highest BCUT2D eigenvalue weighted by atomic mass is 15.3. The molecule has 0 aromatic carbocycles. The highest BCUT2D eigenvalue weighted by molar-refractivity contribution is 4.89. The van der Waals surface area contributed by atoms with Crippen LogP contribution in [0.25, 0.3) is 0 Å². The Morgan fingerprint density at radius 3 is 2.24 bits per heavy atom. The summed E-state index contributed by atoms with van der Waals surface area (Å²) in [6.45, 7) is 21.2. The van der Waals surface area contributed by atoms with Gasteiger partial charge in [-0.05, 0) is 44.3 Å². The maximum atomic E-state index is 3.68. The molecule has 0 bridgehead atoms. The number of hydrogen-bond acceptors (Lipinski definition) is 3. The summed E-state index contributed by atoms with van der Waals surface area (Å²) in [4.78, 5) is 5.35. The van der Waals surface area contributed by atoms with Crippen molar-refractivity contribution in [3.8, 4) is 0 Å². The molecule has 1 saturated heterocycles. The van der Waals surface area contributed by atoms with Gasteiger partial charge in [0.25, 0.3) is 0 Å². The quantitative estimate of drug-likeness (QED) is 0.668. The van der Waals surface area contributed by atoms with E-state index in [-0.39, 0.29) is 0 Å². The second-order valence-corrected chi connectivity index (χ2v) is 7.14. The van der Waals surface area contributed by atoms with Gasteiger partial charge in [0, 0.05) is 31.7 Å². The van der Waals surface area contributed by atoms with Crippen molar-refractivity contribution >= 4 is 0 Å². The van der Waals surface area contributed by atoms with Gasteiger partial charge in [-0.25, -0.2) is 0 Å².